The van der Waals surface area contributed by atoms with Crippen molar-refractivity contribution < 1.29 is 4.74 Å². The van der Waals surface area contributed by atoms with Crippen LogP contribution in [0.15, 0.2) is 30.3 Å². The van der Waals surface area contributed by atoms with Gasteiger partial charge in [0.2, 0.25) is 0 Å². The van der Waals surface area contributed by atoms with Crippen molar-refractivity contribution in [1.29, 1.82) is 0 Å². The van der Waals surface area contributed by atoms with Gasteiger partial charge in [-0.3, -0.25) is 4.90 Å². The van der Waals surface area contributed by atoms with Crippen molar-refractivity contribution in [1.82, 2.24) is 4.90 Å². The Balaban J connectivity index is 2.37. The Bertz CT molecular complexity index is 299. The maximum Gasteiger partial charge on any atom is 0.119 e. The molecule has 0 fully saturated rings. The van der Waals surface area contributed by atoms with E-state index in [1.807, 2.05) is 30.3 Å². The lowest BCUT2D eigenvalue weighted by Gasteiger charge is -2.29. The molecule has 1 aromatic carbocycles. The molecule has 2 N–H and O–H groups in total. The molecule has 0 saturated heterocycles. The fourth-order valence-electron chi connectivity index (χ4n) is 2.25. The Morgan fingerprint density at radius 3 is 2.33 bits per heavy atom. The first-order valence-electron chi connectivity index (χ1n) is 6.93. The van der Waals surface area contributed by atoms with Crippen LogP contribution in [-0.4, -0.2) is 37.2 Å². The third-order valence-corrected chi connectivity index (χ3v) is 3.27. The summed E-state index contributed by atoms with van der Waals surface area (Å²) in [6.45, 7) is 7.79. The maximum absolute atomic E-state index is 5.74. The second kappa shape index (κ2) is 8.95. The van der Waals surface area contributed by atoms with Gasteiger partial charge in [-0.05, 0) is 25.0 Å². The molecule has 0 radical (unpaired) electrons. The summed E-state index contributed by atoms with van der Waals surface area (Å²) in [5.41, 5.74) is 5.68. The molecule has 1 rings (SSSR count). The molecular formula is C15H26N2O. The first-order valence-corrected chi connectivity index (χ1v) is 6.93. The minimum absolute atomic E-state index is 0.618. The lowest BCUT2D eigenvalue weighted by atomic mass is 10.1. The van der Waals surface area contributed by atoms with E-state index in [0.29, 0.717) is 12.6 Å². The van der Waals surface area contributed by atoms with Gasteiger partial charge < -0.3 is 10.5 Å². The number of benzene rings is 1. The highest BCUT2D eigenvalue weighted by molar-refractivity contribution is 5.20. The monoisotopic (exact) mass is 250 g/mol. The number of hydrogen-bond donors (Lipinski definition) is 1. The van der Waals surface area contributed by atoms with Crippen LogP contribution in [0, 0.1) is 0 Å². The van der Waals surface area contributed by atoms with Crippen molar-refractivity contribution in [2.75, 3.05) is 26.2 Å². The van der Waals surface area contributed by atoms with E-state index in [0.717, 1.165) is 25.4 Å². The first kappa shape index (κ1) is 15.0. The number of rotatable bonds is 9. The zero-order chi connectivity index (χ0) is 13.2. The summed E-state index contributed by atoms with van der Waals surface area (Å²) in [7, 11) is 0. The van der Waals surface area contributed by atoms with E-state index in [1.165, 1.54) is 12.8 Å². The van der Waals surface area contributed by atoms with Crippen molar-refractivity contribution in [3.63, 3.8) is 0 Å². The van der Waals surface area contributed by atoms with E-state index >= 15 is 0 Å². The minimum atomic E-state index is 0.618. The second-order valence-corrected chi connectivity index (χ2v) is 4.46. The third kappa shape index (κ3) is 5.07. The number of nitrogens with zero attached hydrogens (tertiary/aromatic N) is 1. The second-order valence-electron chi connectivity index (χ2n) is 4.46. The van der Waals surface area contributed by atoms with E-state index in [-0.39, 0.29) is 0 Å². The van der Waals surface area contributed by atoms with Gasteiger partial charge in [-0.15, -0.1) is 0 Å². The molecule has 0 saturated carbocycles. The highest BCUT2D eigenvalue weighted by Gasteiger charge is 2.13. The predicted molar refractivity (Wildman–Crippen MR) is 76.9 cm³/mol. The molecule has 0 amide bonds. The Morgan fingerprint density at radius 1 is 1.11 bits per heavy atom. The molecular weight excluding hydrogens is 224 g/mol. The SMILES string of the molecule is CCC(CC)N(CCN)CCOc1ccccc1. The van der Waals surface area contributed by atoms with Gasteiger partial charge in [0.15, 0.2) is 0 Å². The van der Waals surface area contributed by atoms with Crippen LogP contribution in [0.2, 0.25) is 0 Å². The van der Waals surface area contributed by atoms with Crippen LogP contribution in [0.3, 0.4) is 0 Å². The molecule has 102 valence electrons. The molecule has 3 heteroatoms. The van der Waals surface area contributed by atoms with Crippen LogP contribution < -0.4 is 10.5 Å². The number of hydrogen-bond acceptors (Lipinski definition) is 3. The predicted octanol–water partition coefficient (Wildman–Crippen LogP) is 2.51. The van der Waals surface area contributed by atoms with Gasteiger partial charge in [-0.25, -0.2) is 0 Å². The standard InChI is InChI=1S/C15H26N2O/c1-3-14(4-2)17(11-10-16)12-13-18-15-8-6-5-7-9-15/h5-9,14H,3-4,10-13,16H2,1-2H3. The minimum Gasteiger partial charge on any atom is -0.492 e. The van der Waals surface area contributed by atoms with Gasteiger partial charge in [0.25, 0.3) is 0 Å². The van der Waals surface area contributed by atoms with E-state index in [1.54, 1.807) is 0 Å². The molecule has 0 atom stereocenters. The molecule has 1 aromatic rings. The smallest absolute Gasteiger partial charge is 0.119 e. The number of ether oxygens (including phenoxy) is 1. The third-order valence-electron chi connectivity index (χ3n) is 3.27. The van der Waals surface area contributed by atoms with Crippen molar-refractivity contribution in [2.45, 2.75) is 32.7 Å². The van der Waals surface area contributed by atoms with Crippen LogP contribution in [0.25, 0.3) is 0 Å². The van der Waals surface area contributed by atoms with Crippen LogP contribution in [0.5, 0.6) is 5.75 Å². The van der Waals surface area contributed by atoms with E-state index < -0.39 is 0 Å². The summed E-state index contributed by atoms with van der Waals surface area (Å²) >= 11 is 0. The molecule has 0 heterocycles. The largest absolute Gasteiger partial charge is 0.492 e. The van der Waals surface area contributed by atoms with Gasteiger partial charge in [0, 0.05) is 25.7 Å². The molecule has 0 unspecified atom stereocenters. The van der Waals surface area contributed by atoms with Crippen molar-refractivity contribution in [2.24, 2.45) is 5.73 Å². The fraction of sp³-hybridized carbons (Fsp3) is 0.600. The highest BCUT2D eigenvalue weighted by atomic mass is 16.5. The number of para-hydroxylation sites is 1. The lowest BCUT2D eigenvalue weighted by Crippen LogP contribution is -2.40. The normalized spacial score (nSPS) is 11.2. The van der Waals surface area contributed by atoms with Gasteiger partial charge in [0.1, 0.15) is 12.4 Å². The molecule has 0 aliphatic heterocycles. The summed E-state index contributed by atoms with van der Waals surface area (Å²) in [5, 5.41) is 0. The topological polar surface area (TPSA) is 38.5 Å². The average Bonchev–Trinajstić information content (AvgIpc) is 2.41. The van der Waals surface area contributed by atoms with E-state index in [4.69, 9.17) is 10.5 Å². The van der Waals surface area contributed by atoms with Crippen molar-refractivity contribution in [3.8, 4) is 5.75 Å². The lowest BCUT2D eigenvalue weighted by molar-refractivity contribution is 0.155. The van der Waals surface area contributed by atoms with Gasteiger partial charge >= 0.3 is 0 Å². The first-order chi connectivity index (χ1) is 8.81. The Kier molecular flexibility index (Phi) is 7.46. The zero-order valence-electron chi connectivity index (χ0n) is 11.6. The molecule has 0 spiro atoms. The van der Waals surface area contributed by atoms with Gasteiger partial charge in [-0.2, -0.15) is 0 Å². The Hall–Kier alpha value is -1.06. The maximum atomic E-state index is 5.74. The quantitative estimate of drug-likeness (QED) is 0.732. The summed E-state index contributed by atoms with van der Waals surface area (Å²) < 4.78 is 5.74. The average molecular weight is 250 g/mol. The summed E-state index contributed by atoms with van der Waals surface area (Å²) in [5.74, 6) is 0.940. The Labute approximate surface area is 111 Å². The number of nitrogens with two attached hydrogens (primary N) is 1. The molecule has 0 bridgehead atoms. The van der Waals surface area contributed by atoms with Crippen LogP contribution in [0.4, 0.5) is 0 Å². The molecule has 18 heavy (non-hydrogen) atoms. The van der Waals surface area contributed by atoms with Crippen molar-refractivity contribution >= 4 is 0 Å². The zero-order valence-corrected chi connectivity index (χ0v) is 11.6. The Morgan fingerprint density at radius 2 is 1.78 bits per heavy atom. The fourth-order valence-corrected chi connectivity index (χ4v) is 2.25. The van der Waals surface area contributed by atoms with E-state index in [2.05, 4.69) is 18.7 Å². The molecule has 0 aliphatic carbocycles. The van der Waals surface area contributed by atoms with Gasteiger partial charge in [0.05, 0.1) is 0 Å². The van der Waals surface area contributed by atoms with Gasteiger partial charge in [-0.1, -0.05) is 32.0 Å². The van der Waals surface area contributed by atoms with Crippen LogP contribution in [-0.2, 0) is 0 Å². The molecule has 3 nitrogen and oxygen atoms in total. The van der Waals surface area contributed by atoms with Crippen LogP contribution in [0.1, 0.15) is 26.7 Å². The van der Waals surface area contributed by atoms with Crippen LogP contribution >= 0.6 is 0 Å². The summed E-state index contributed by atoms with van der Waals surface area (Å²) in [4.78, 5) is 2.43. The van der Waals surface area contributed by atoms with Crippen molar-refractivity contribution in [3.05, 3.63) is 30.3 Å². The highest BCUT2D eigenvalue weighted by Crippen LogP contribution is 2.10. The molecule has 0 aromatic heterocycles. The summed E-state index contributed by atoms with van der Waals surface area (Å²) in [6, 6.07) is 10.6. The van der Waals surface area contributed by atoms with E-state index in [9.17, 15) is 0 Å². The summed E-state index contributed by atoms with van der Waals surface area (Å²) in [6.07, 6.45) is 2.34. The molecule has 0 aliphatic rings.